The molecule has 3 rings (SSSR count). The van der Waals surface area contributed by atoms with Gasteiger partial charge in [0.05, 0.1) is 11.5 Å². The highest BCUT2D eigenvalue weighted by atomic mass is 79.9. The van der Waals surface area contributed by atoms with E-state index in [1.165, 1.54) is 0 Å². The second-order valence-corrected chi connectivity index (χ2v) is 7.65. The molecule has 2 atom stereocenters. The van der Waals surface area contributed by atoms with E-state index >= 15 is 0 Å². The van der Waals surface area contributed by atoms with Crippen LogP contribution in [-0.2, 0) is 19.9 Å². The molecule has 0 aromatic heterocycles. The zero-order valence-electron chi connectivity index (χ0n) is 13.5. The molecule has 2 N–H and O–H groups in total. The van der Waals surface area contributed by atoms with Crippen LogP contribution in [0.1, 0.15) is 37.7 Å². The van der Waals surface area contributed by atoms with E-state index in [9.17, 15) is 9.59 Å². The first kappa shape index (κ1) is 17.4. The topological polar surface area (TPSA) is 75.6 Å². The van der Waals surface area contributed by atoms with Crippen LogP contribution in [0.2, 0.25) is 0 Å². The summed E-state index contributed by atoms with van der Waals surface area (Å²) in [6.07, 6.45) is 3.14. The van der Waals surface area contributed by atoms with E-state index in [1.54, 1.807) is 0 Å². The fourth-order valence-corrected chi connectivity index (χ4v) is 4.02. The Kier molecular flexibility index (Phi) is 5.25. The van der Waals surface area contributed by atoms with Crippen molar-refractivity contribution in [2.45, 2.75) is 37.6 Å². The summed E-state index contributed by atoms with van der Waals surface area (Å²) >= 11 is 3.44. The molecule has 0 unspecified atom stereocenters. The molecule has 1 amide bonds. The summed E-state index contributed by atoms with van der Waals surface area (Å²) in [4.78, 5) is 23.9. The van der Waals surface area contributed by atoms with Crippen LogP contribution in [-0.4, -0.2) is 30.2 Å². The van der Waals surface area contributed by atoms with Gasteiger partial charge in [-0.25, -0.2) is 0 Å². The first-order valence-electron chi connectivity index (χ1n) is 8.39. The number of nitrogens with one attached hydrogen (secondary N) is 1. The predicted octanol–water partition coefficient (Wildman–Crippen LogP) is 3.07. The molecule has 1 aliphatic heterocycles. The van der Waals surface area contributed by atoms with Gasteiger partial charge in [-0.15, -0.1) is 0 Å². The lowest BCUT2D eigenvalue weighted by Gasteiger charge is -2.39. The average molecular weight is 396 g/mol. The summed E-state index contributed by atoms with van der Waals surface area (Å²) in [6.45, 7) is 1.22. The Morgan fingerprint density at radius 1 is 1.12 bits per heavy atom. The van der Waals surface area contributed by atoms with Crippen molar-refractivity contribution in [3.05, 3.63) is 34.3 Å². The van der Waals surface area contributed by atoms with Gasteiger partial charge >= 0.3 is 5.97 Å². The number of amides is 1. The molecule has 2 aliphatic rings. The lowest BCUT2D eigenvalue weighted by atomic mass is 9.82. The van der Waals surface area contributed by atoms with Gasteiger partial charge in [0.1, 0.15) is 0 Å². The largest absolute Gasteiger partial charge is 0.481 e. The van der Waals surface area contributed by atoms with Crippen molar-refractivity contribution in [1.29, 1.82) is 0 Å². The van der Waals surface area contributed by atoms with Crippen LogP contribution in [0.5, 0.6) is 0 Å². The number of ether oxygens (including phenoxy) is 1. The standard InChI is InChI=1S/C18H22BrNO4/c19-15-5-3-14(4-6-15)18(7-9-24-10-8-18)20-16(21)12-1-2-13(11-12)17(22)23/h3-6,12-13H,1-2,7-11H2,(H,20,21)(H,22,23)/t12-,13+/m0/s1. The molecule has 2 fully saturated rings. The summed E-state index contributed by atoms with van der Waals surface area (Å²) in [5.41, 5.74) is 0.660. The molecule has 1 saturated heterocycles. The number of carbonyl (C=O) groups excluding carboxylic acids is 1. The van der Waals surface area contributed by atoms with Gasteiger partial charge in [-0.05, 0) is 49.8 Å². The lowest BCUT2D eigenvalue weighted by Crippen LogP contribution is -2.51. The van der Waals surface area contributed by atoms with E-state index < -0.39 is 11.5 Å². The molecule has 1 aliphatic carbocycles. The third kappa shape index (κ3) is 3.64. The first-order chi connectivity index (χ1) is 11.5. The van der Waals surface area contributed by atoms with Crippen molar-refractivity contribution in [1.82, 2.24) is 5.32 Å². The summed E-state index contributed by atoms with van der Waals surface area (Å²) in [7, 11) is 0. The quantitative estimate of drug-likeness (QED) is 0.820. The van der Waals surface area contributed by atoms with Gasteiger partial charge in [-0.3, -0.25) is 9.59 Å². The predicted molar refractivity (Wildman–Crippen MR) is 92.5 cm³/mol. The van der Waals surface area contributed by atoms with E-state index in [-0.39, 0.29) is 17.7 Å². The van der Waals surface area contributed by atoms with Crippen molar-refractivity contribution in [2.24, 2.45) is 11.8 Å². The molecule has 1 saturated carbocycles. The zero-order valence-corrected chi connectivity index (χ0v) is 15.0. The van der Waals surface area contributed by atoms with Crippen LogP contribution in [0.4, 0.5) is 0 Å². The van der Waals surface area contributed by atoms with Gasteiger partial charge in [-0.2, -0.15) is 0 Å². The van der Waals surface area contributed by atoms with Crippen LogP contribution in [0.25, 0.3) is 0 Å². The minimum absolute atomic E-state index is 0.0245. The van der Waals surface area contributed by atoms with Crippen molar-refractivity contribution < 1.29 is 19.4 Å². The molecule has 1 aromatic rings. The minimum Gasteiger partial charge on any atom is -0.481 e. The fraction of sp³-hybridized carbons (Fsp3) is 0.556. The third-order valence-electron chi connectivity index (χ3n) is 5.26. The molecule has 130 valence electrons. The maximum Gasteiger partial charge on any atom is 0.306 e. The molecule has 1 heterocycles. The molecular formula is C18H22BrNO4. The van der Waals surface area contributed by atoms with Crippen LogP contribution in [0.15, 0.2) is 28.7 Å². The van der Waals surface area contributed by atoms with Gasteiger partial charge < -0.3 is 15.2 Å². The number of benzene rings is 1. The molecule has 1 aromatic carbocycles. The van der Waals surface area contributed by atoms with Gasteiger partial charge in [-0.1, -0.05) is 28.1 Å². The molecule has 0 radical (unpaired) electrons. The monoisotopic (exact) mass is 395 g/mol. The van der Waals surface area contributed by atoms with Crippen LogP contribution >= 0.6 is 15.9 Å². The number of hydrogen-bond donors (Lipinski definition) is 2. The van der Waals surface area contributed by atoms with Crippen molar-refractivity contribution in [3.8, 4) is 0 Å². The number of carboxylic acid groups (broad SMARTS) is 1. The summed E-state index contributed by atoms with van der Waals surface area (Å²) in [5, 5.41) is 12.4. The Hall–Kier alpha value is -1.40. The van der Waals surface area contributed by atoms with Gasteiger partial charge in [0.15, 0.2) is 0 Å². The van der Waals surface area contributed by atoms with Crippen molar-refractivity contribution in [2.75, 3.05) is 13.2 Å². The highest BCUT2D eigenvalue weighted by molar-refractivity contribution is 9.10. The number of halogens is 1. The van der Waals surface area contributed by atoms with Gasteiger partial charge in [0.25, 0.3) is 0 Å². The second-order valence-electron chi connectivity index (χ2n) is 6.74. The smallest absolute Gasteiger partial charge is 0.306 e. The zero-order chi connectivity index (χ0) is 17.2. The van der Waals surface area contributed by atoms with Crippen molar-refractivity contribution >= 4 is 27.8 Å². The fourth-order valence-electron chi connectivity index (χ4n) is 3.76. The van der Waals surface area contributed by atoms with Crippen LogP contribution in [0.3, 0.4) is 0 Å². The average Bonchev–Trinajstić information content (AvgIpc) is 3.07. The first-order valence-corrected chi connectivity index (χ1v) is 9.18. The van der Waals surface area contributed by atoms with Crippen LogP contribution in [0, 0.1) is 11.8 Å². The van der Waals surface area contributed by atoms with E-state index in [0.29, 0.717) is 32.5 Å². The van der Waals surface area contributed by atoms with Gasteiger partial charge in [0, 0.05) is 23.6 Å². The third-order valence-corrected chi connectivity index (χ3v) is 5.79. The van der Waals surface area contributed by atoms with E-state index in [0.717, 1.165) is 22.9 Å². The Balaban J connectivity index is 1.76. The molecule has 24 heavy (non-hydrogen) atoms. The van der Waals surface area contributed by atoms with E-state index in [4.69, 9.17) is 9.84 Å². The number of carboxylic acids is 1. The lowest BCUT2D eigenvalue weighted by molar-refractivity contribution is -0.141. The number of rotatable bonds is 4. The van der Waals surface area contributed by atoms with E-state index in [1.807, 2.05) is 24.3 Å². The van der Waals surface area contributed by atoms with Crippen molar-refractivity contribution in [3.63, 3.8) is 0 Å². The minimum atomic E-state index is -0.793. The summed E-state index contributed by atoms with van der Waals surface area (Å²) in [6, 6.07) is 8.03. The highest BCUT2D eigenvalue weighted by Crippen LogP contribution is 2.36. The Bertz CT molecular complexity index is 610. The molecule has 5 nitrogen and oxygen atoms in total. The summed E-state index contributed by atoms with van der Waals surface area (Å²) < 4.78 is 6.49. The number of hydrogen-bond acceptors (Lipinski definition) is 3. The molecule has 0 spiro atoms. The summed E-state index contributed by atoms with van der Waals surface area (Å²) in [5.74, 6) is -1.41. The Labute approximate surface area is 149 Å². The Morgan fingerprint density at radius 2 is 1.75 bits per heavy atom. The molecule has 0 bridgehead atoms. The Morgan fingerprint density at radius 3 is 2.33 bits per heavy atom. The highest BCUT2D eigenvalue weighted by Gasteiger charge is 2.40. The molecular weight excluding hydrogens is 374 g/mol. The maximum atomic E-state index is 12.8. The van der Waals surface area contributed by atoms with E-state index in [2.05, 4.69) is 21.2 Å². The number of carbonyl (C=O) groups is 2. The molecule has 6 heteroatoms. The number of aliphatic carboxylic acids is 1. The normalized spacial score (nSPS) is 26.0. The van der Waals surface area contributed by atoms with Crippen LogP contribution < -0.4 is 5.32 Å². The second kappa shape index (κ2) is 7.23. The maximum absolute atomic E-state index is 12.8. The SMILES string of the molecule is O=C(O)[C@@H]1CC[C@H](C(=O)NC2(c3ccc(Br)cc3)CCOCC2)C1. The van der Waals surface area contributed by atoms with Gasteiger partial charge in [0.2, 0.25) is 5.91 Å².